The molecule has 0 spiro atoms. The third kappa shape index (κ3) is 3.02. The molecule has 2 aromatic rings. The highest BCUT2D eigenvalue weighted by Crippen LogP contribution is 2.31. The van der Waals surface area contributed by atoms with E-state index in [1.807, 2.05) is 30.3 Å². The van der Waals surface area contributed by atoms with Gasteiger partial charge in [-0.05, 0) is 30.3 Å². The summed E-state index contributed by atoms with van der Waals surface area (Å²) in [5, 5.41) is 11.8. The van der Waals surface area contributed by atoms with Crippen molar-refractivity contribution in [1.29, 1.82) is 0 Å². The van der Waals surface area contributed by atoms with Gasteiger partial charge in [0.2, 0.25) is 0 Å². The normalized spacial score (nSPS) is 11.5. The fourth-order valence-electron chi connectivity index (χ4n) is 1.38. The summed E-state index contributed by atoms with van der Waals surface area (Å²) in [6.45, 7) is 0. The zero-order valence-electron chi connectivity index (χ0n) is 9.25. The van der Waals surface area contributed by atoms with Gasteiger partial charge in [0.1, 0.15) is 0 Å². The fraction of sp³-hybridized carbons (Fsp3) is 0. The highest BCUT2D eigenvalue weighted by molar-refractivity contribution is 9.10. The van der Waals surface area contributed by atoms with Gasteiger partial charge in [0, 0.05) is 32.2 Å². The molecular formula is C12H10BrN3OS. The van der Waals surface area contributed by atoms with Crippen LogP contribution in [0.3, 0.4) is 0 Å². The number of hydrogen-bond donors (Lipinski definition) is 2. The number of halogens is 1. The Bertz CT molecular complexity index is 575. The van der Waals surface area contributed by atoms with Crippen LogP contribution in [0.25, 0.3) is 0 Å². The zero-order chi connectivity index (χ0) is 13.0. The van der Waals surface area contributed by atoms with Crippen LogP contribution in [-0.2, 0) is 0 Å². The molecule has 0 aliphatic heterocycles. The predicted molar refractivity (Wildman–Crippen MR) is 75.0 cm³/mol. The highest BCUT2D eigenvalue weighted by atomic mass is 79.9. The van der Waals surface area contributed by atoms with E-state index < -0.39 is 0 Å². The molecule has 0 atom stereocenters. The number of nitrogens with zero attached hydrogens (tertiary/aromatic N) is 2. The second-order valence-electron chi connectivity index (χ2n) is 3.41. The van der Waals surface area contributed by atoms with Gasteiger partial charge >= 0.3 is 0 Å². The summed E-state index contributed by atoms with van der Waals surface area (Å²) in [5.41, 5.74) is 6.36. The molecule has 1 aromatic carbocycles. The lowest BCUT2D eigenvalue weighted by molar-refractivity contribution is 0.318. The molecule has 0 fully saturated rings. The number of oxime groups is 1. The highest BCUT2D eigenvalue weighted by Gasteiger charge is 2.09. The van der Waals surface area contributed by atoms with Crippen molar-refractivity contribution in [3.05, 3.63) is 52.8 Å². The van der Waals surface area contributed by atoms with Crippen LogP contribution >= 0.6 is 27.7 Å². The minimum Gasteiger partial charge on any atom is -0.409 e. The van der Waals surface area contributed by atoms with E-state index >= 15 is 0 Å². The van der Waals surface area contributed by atoms with Crippen LogP contribution in [0.2, 0.25) is 0 Å². The molecule has 6 heteroatoms. The van der Waals surface area contributed by atoms with E-state index in [2.05, 4.69) is 26.1 Å². The average molecular weight is 324 g/mol. The van der Waals surface area contributed by atoms with Crippen molar-refractivity contribution in [3.63, 3.8) is 0 Å². The van der Waals surface area contributed by atoms with E-state index in [0.29, 0.717) is 5.56 Å². The van der Waals surface area contributed by atoms with E-state index in [1.165, 1.54) is 11.8 Å². The molecule has 0 aliphatic carbocycles. The summed E-state index contributed by atoms with van der Waals surface area (Å²) < 4.78 is 0.878. The van der Waals surface area contributed by atoms with Crippen molar-refractivity contribution in [1.82, 2.24) is 4.98 Å². The molecule has 3 N–H and O–H groups in total. The first kappa shape index (κ1) is 12.9. The van der Waals surface area contributed by atoms with E-state index in [9.17, 15) is 0 Å². The Morgan fingerprint density at radius 1 is 1.28 bits per heavy atom. The smallest absolute Gasteiger partial charge is 0.171 e. The first-order valence-corrected chi connectivity index (χ1v) is 6.67. The molecule has 4 nitrogen and oxygen atoms in total. The molecule has 0 amide bonds. The molecule has 0 aliphatic rings. The lowest BCUT2D eigenvalue weighted by Gasteiger charge is -2.08. The Balaban J connectivity index is 2.39. The molecule has 0 radical (unpaired) electrons. The lowest BCUT2D eigenvalue weighted by atomic mass is 10.2. The molecule has 2 rings (SSSR count). The summed E-state index contributed by atoms with van der Waals surface area (Å²) in [5.74, 6) is 0.0906. The van der Waals surface area contributed by atoms with Gasteiger partial charge in [-0.2, -0.15) is 0 Å². The first-order valence-electron chi connectivity index (χ1n) is 5.06. The van der Waals surface area contributed by atoms with Crippen molar-refractivity contribution in [3.8, 4) is 0 Å². The van der Waals surface area contributed by atoms with Gasteiger partial charge in [0.15, 0.2) is 5.84 Å². The lowest BCUT2D eigenvalue weighted by Crippen LogP contribution is -2.14. The second-order valence-corrected chi connectivity index (χ2v) is 5.44. The number of benzene rings is 1. The van der Waals surface area contributed by atoms with Gasteiger partial charge in [-0.1, -0.05) is 32.8 Å². The van der Waals surface area contributed by atoms with Crippen LogP contribution in [0.4, 0.5) is 0 Å². The maximum absolute atomic E-state index is 8.80. The standard InChI is InChI=1S/C12H10BrN3OS/c13-8-1-2-11(10(7-8)12(14)16-17)18-9-3-5-15-6-4-9/h1-7,17H,(H2,14,16). The van der Waals surface area contributed by atoms with Crippen LogP contribution < -0.4 is 5.73 Å². The third-order valence-electron chi connectivity index (χ3n) is 2.20. The van der Waals surface area contributed by atoms with Crippen molar-refractivity contribution in [2.24, 2.45) is 10.9 Å². The van der Waals surface area contributed by atoms with Crippen LogP contribution in [0.1, 0.15) is 5.56 Å². The SMILES string of the molecule is N/C(=N/O)c1cc(Br)ccc1Sc1ccncc1. The van der Waals surface area contributed by atoms with Crippen molar-refractivity contribution < 1.29 is 5.21 Å². The Morgan fingerprint density at radius 2 is 2.00 bits per heavy atom. The molecule has 0 unspecified atom stereocenters. The quantitative estimate of drug-likeness (QED) is 0.394. The maximum atomic E-state index is 8.80. The average Bonchev–Trinajstić information content (AvgIpc) is 2.41. The van der Waals surface area contributed by atoms with Gasteiger partial charge < -0.3 is 10.9 Å². The Labute approximate surface area is 117 Å². The molecule has 18 heavy (non-hydrogen) atoms. The largest absolute Gasteiger partial charge is 0.409 e. The van der Waals surface area contributed by atoms with Crippen LogP contribution in [0.5, 0.6) is 0 Å². The van der Waals surface area contributed by atoms with Crippen LogP contribution in [0.15, 0.2) is 62.1 Å². The van der Waals surface area contributed by atoms with E-state index in [4.69, 9.17) is 10.9 Å². The van der Waals surface area contributed by atoms with E-state index in [1.54, 1.807) is 12.4 Å². The summed E-state index contributed by atoms with van der Waals surface area (Å²) in [6, 6.07) is 9.46. The van der Waals surface area contributed by atoms with Crippen molar-refractivity contribution in [2.45, 2.75) is 9.79 Å². The van der Waals surface area contributed by atoms with Gasteiger partial charge in [0.05, 0.1) is 0 Å². The Kier molecular flexibility index (Phi) is 4.22. The second kappa shape index (κ2) is 5.88. The van der Waals surface area contributed by atoms with Crippen molar-refractivity contribution in [2.75, 3.05) is 0 Å². The Hall–Kier alpha value is -1.53. The minimum absolute atomic E-state index is 0.0906. The number of amidine groups is 1. The van der Waals surface area contributed by atoms with Crippen molar-refractivity contribution >= 4 is 33.5 Å². The molecule has 0 bridgehead atoms. The number of hydrogen-bond acceptors (Lipinski definition) is 4. The molecule has 0 saturated heterocycles. The minimum atomic E-state index is 0.0906. The molecule has 0 saturated carbocycles. The summed E-state index contributed by atoms with van der Waals surface area (Å²) in [7, 11) is 0. The third-order valence-corrected chi connectivity index (χ3v) is 3.78. The topological polar surface area (TPSA) is 71.5 Å². The molecule has 92 valence electrons. The monoisotopic (exact) mass is 323 g/mol. The molecular weight excluding hydrogens is 314 g/mol. The zero-order valence-corrected chi connectivity index (χ0v) is 11.6. The summed E-state index contributed by atoms with van der Waals surface area (Å²) in [6.07, 6.45) is 3.45. The molecule has 1 heterocycles. The van der Waals surface area contributed by atoms with E-state index in [0.717, 1.165) is 14.3 Å². The van der Waals surface area contributed by atoms with Gasteiger partial charge in [-0.3, -0.25) is 4.98 Å². The predicted octanol–water partition coefficient (Wildman–Crippen LogP) is 3.09. The Morgan fingerprint density at radius 3 is 2.67 bits per heavy atom. The fourth-order valence-corrected chi connectivity index (χ4v) is 2.66. The van der Waals surface area contributed by atoms with Gasteiger partial charge in [-0.15, -0.1) is 0 Å². The maximum Gasteiger partial charge on any atom is 0.171 e. The van der Waals surface area contributed by atoms with Gasteiger partial charge in [-0.25, -0.2) is 0 Å². The van der Waals surface area contributed by atoms with Crippen LogP contribution in [0, 0.1) is 0 Å². The van der Waals surface area contributed by atoms with Gasteiger partial charge in [0.25, 0.3) is 0 Å². The summed E-state index contributed by atoms with van der Waals surface area (Å²) >= 11 is 4.90. The number of pyridine rings is 1. The first-order chi connectivity index (χ1) is 8.70. The summed E-state index contributed by atoms with van der Waals surface area (Å²) in [4.78, 5) is 5.92. The van der Waals surface area contributed by atoms with E-state index in [-0.39, 0.29) is 5.84 Å². The number of aromatic nitrogens is 1. The molecule has 1 aromatic heterocycles. The van der Waals surface area contributed by atoms with Crippen LogP contribution in [-0.4, -0.2) is 16.0 Å². The number of rotatable bonds is 3. The number of nitrogens with two attached hydrogens (primary N) is 1.